The first-order valence-corrected chi connectivity index (χ1v) is 7.09. The summed E-state index contributed by atoms with van der Waals surface area (Å²) in [5, 5.41) is 6.54. The van der Waals surface area contributed by atoms with Crippen molar-refractivity contribution in [3.05, 3.63) is 42.0 Å². The predicted octanol–water partition coefficient (Wildman–Crippen LogP) is 1.08. The number of hydrogen-bond donors (Lipinski definition) is 3. The second kappa shape index (κ2) is 5.97. The maximum Gasteiger partial charge on any atom is 0.223 e. The summed E-state index contributed by atoms with van der Waals surface area (Å²) in [5.74, 6) is 1.94. The summed E-state index contributed by atoms with van der Waals surface area (Å²) in [6.45, 7) is 2.62. The van der Waals surface area contributed by atoms with Gasteiger partial charge >= 0.3 is 0 Å². The molecule has 6 nitrogen and oxygen atoms in total. The molecule has 4 N–H and O–H groups in total. The Hall–Kier alpha value is -2.34. The van der Waals surface area contributed by atoms with Crippen LogP contribution in [0.25, 0.3) is 0 Å². The molecule has 1 fully saturated rings. The van der Waals surface area contributed by atoms with Crippen LogP contribution in [0.1, 0.15) is 5.56 Å². The third-order valence-corrected chi connectivity index (χ3v) is 3.66. The van der Waals surface area contributed by atoms with Gasteiger partial charge in [-0.25, -0.2) is 0 Å². The number of likely N-dealkylation sites (N-methyl/N-ethyl adjacent to an activating group) is 1. The third-order valence-electron chi connectivity index (χ3n) is 3.66. The van der Waals surface area contributed by atoms with Crippen LogP contribution in [0.2, 0.25) is 0 Å². The molecule has 1 aromatic carbocycles. The fourth-order valence-electron chi connectivity index (χ4n) is 2.34. The van der Waals surface area contributed by atoms with Gasteiger partial charge in [0, 0.05) is 31.7 Å². The summed E-state index contributed by atoms with van der Waals surface area (Å²) < 4.78 is 0. The normalized spacial score (nSPS) is 14.8. The molecular formula is C15H20N6. The van der Waals surface area contributed by atoms with Crippen LogP contribution in [0.4, 0.5) is 17.6 Å². The van der Waals surface area contributed by atoms with Crippen molar-refractivity contribution in [1.29, 1.82) is 0 Å². The first kappa shape index (κ1) is 13.6. The Morgan fingerprint density at radius 3 is 2.71 bits per heavy atom. The van der Waals surface area contributed by atoms with Crippen LogP contribution >= 0.6 is 0 Å². The summed E-state index contributed by atoms with van der Waals surface area (Å²) >= 11 is 0. The minimum Gasteiger partial charge on any atom is -0.368 e. The lowest BCUT2D eigenvalue weighted by molar-refractivity contribution is 0.447. The molecule has 0 radical (unpaired) electrons. The van der Waals surface area contributed by atoms with Gasteiger partial charge in [0.2, 0.25) is 5.95 Å². The molecule has 2 aromatic rings. The van der Waals surface area contributed by atoms with Crippen LogP contribution in [-0.2, 0) is 6.54 Å². The lowest BCUT2D eigenvalue weighted by Gasteiger charge is -2.40. The number of nitrogens with one attached hydrogen (secondary N) is 2. The van der Waals surface area contributed by atoms with Crippen LogP contribution in [0, 0.1) is 0 Å². The van der Waals surface area contributed by atoms with Crippen LogP contribution in [0.15, 0.2) is 36.4 Å². The van der Waals surface area contributed by atoms with Crippen LogP contribution in [0.5, 0.6) is 0 Å². The van der Waals surface area contributed by atoms with Gasteiger partial charge in [0.15, 0.2) is 0 Å². The summed E-state index contributed by atoms with van der Waals surface area (Å²) in [6.07, 6.45) is 0. The average Bonchev–Trinajstić information content (AvgIpc) is 2.45. The van der Waals surface area contributed by atoms with Gasteiger partial charge in [-0.1, -0.05) is 30.3 Å². The van der Waals surface area contributed by atoms with E-state index in [1.54, 1.807) is 0 Å². The highest BCUT2D eigenvalue weighted by Crippen LogP contribution is 2.22. The molecule has 0 spiro atoms. The SMILES string of the molecule is CNC1CN(c2cc(NCc3ccccc3)nc(N)n2)C1. The van der Waals surface area contributed by atoms with E-state index in [0.29, 0.717) is 12.0 Å². The fourth-order valence-corrected chi connectivity index (χ4v) is 2.34. The third kappa shape index (κ3) is 3.22. The van der Waals surface area contributed by atoms with Crippen molar-refractivity contribution >= 4 is 17.6 Å². The average molecular weight is 284 g/mol. The standard InChI is InChI=1S/C15H20N6/c1-17-12-9-21(10-12)14-7-13(19-15(16)20-14)18-8-11-5-3-2-4-6-11/h2-7,12,17H,8-10H2,1H3,(H3,16,18,19,20). The van der Waals surface area contributed by atoms with Crippen molar-refractivity contribution in [1.82, 2.24) is 15.3 Å². The molecule has 0 bridgehead atoms. The quantitative estimate of drug-likeness (QED) is 0.762. The van der Waals surface area contributed by atoms with Crippen molar-refractivity contribution in [2.75, 3.05) is 36.1 Å². The second-order valence-corrected chi connectivity index (χ2v) is 5.20. The topological polar surface area (TPSA) is 79.1 Å². The van der Waals surface area contributed by atoms with Crippen molar-refractivity contribution < 1.29 is 0 Å². The van der Waals surface area contributed by atoms with Crippen LogP contribution in [-0.4, -0.2) is 36.1 Å². The zero-order valence-corrected chi connectivity index (χ0v) is 12.1. The highest BCUT2D eigenvalue weighted by molar-refractivity contribution is 5.54. The summed E-state index contributed by atoms with van der Waals surface area (Å²) in [6, 6.07) is 12.7. The zero-order chi connectivity index (χ0) is 14.7. The Morgan fingerprint density at radius 1 is 1.24 bits per heavy atom. The lowest BCUT2D eigenvalue weighted by atomic mass is 10.1. The molecular weight excluding hydrogens is 264 g/mol. The maximum atomic E-state index is 5.81. The van der Waals surface area contributed by atoms with E-state index in [0.717, 1.165) is 31.3 Å². The molecule has 6 heteroatoms. The summed E-state index contributed by atoms with van der Waals surface area (Å²) in [5.41, 5.74) is 7.01. The molecule has 0 saturated carbocycles. The van der Waals surface area contributed by atoms with Gasteiger partial charge < -0.3 is 21.3 Å². The van der Waals surface area contributed by atoms with Gasteiger partial charge in [-0.05, 0) is 12.6 Å². The first-order valence-electron chi connectivity index (χ1n) is 7.09. The number of anilines is 3. The Labute approximate surface area is 124 Å². The minimum absolute atomic E-state index is 0.302. The molecule has 0 unspecified atom stereocenters. The largest absolute Gasteiger partial charge is 0.368 e. The first-order chi connectivity index (χ1) is 10.2. The Balaban J connectivity index is 1.67. The monoisotopic (exact) mass is 284 g/mol. The molecule has 1 aromatic heterocycles. The van der Waals surface area contributed by atoms with E-state index >= 15 is 0 Å². The van der Waals surface area contributed by atoms with E-state index in [9.17, 15) is 0 Å². The van der Waals surface area contributed by atoms with Gasteiger partial charge in [0.05, 0.1) is 0 Å². The van der Waals surface area contributed by atoms with Crippen molar-refractivity contribution in [2.24, 2.45) is 0 Å². The molecule has 0 amide bonds. The smallest absolute Gasteiger partial charge is 0.223 e. The van der Waals surface area contributed by atoms with E-state index in [1.807, 2.05) is 31.3 Å². The fraction of sp³-hybridized carbons (Fsp3) is 0.333. The molecule has 3 rings (SSSR count). The molecule has 1 aliphatic rings. The summed E-state index contributed by atoms with van der Waals surface area (Å²) in [7, 11) is 1.98. The van der Waals surface area contributed by atoms with Crippen molar-refractivity contribution in [3.8, 4) is 0 Å². The second-order valence-electron chi connectivity index (χ2n) is 5.20. The Bertz CT molecular complexity index is 594. The number of hydrogen-bond acceptors (Lipinski definition) is 6. The van der Waals surface area contributed by atoms with Gasteiger partial charge in [0.25, 0.3) is 0 Å². The van der Waals surface area contributed by atoms with Gasteiger partial charge in [-0.3, -0.25) is 0 Å². The van der Waals surface area contributed by atoms with E-state index in [1.165, 1.54) is 5.56 Å². The predicted molar refractivity (Wildman–Crippen MR) is 85.3 cm³/mol. The molecule has 110 valence electrons. The van der Waals surface area contributed by atoms with E-state index < -0.39 is 0 Å². The number of rotatable bonds is 5. The number of aromatic nitrogens is 2. The summed E-state index contributed by atoms with van der Waals surface area (Å²) in [4.78, 5) is 10.7. The molecule has 1 aliphatic heterocycles. The number of benzene rings is 1. The lowest BCUT2D eigenvalue weighted by Crippen LogP contribution is -2.57. The van der Waals surface area contributed by atoms with Gasteiger partial charge in [-0.2, -0.15) is 9.97 Å². The van der Waals surface area contributed by atoms with E-state index in [4.69, 9.17) is 5.73 Å². The Kier molecular flexibility index (Phi) is 3.87. The highest BCUT2D eigenvalue weighted by Gasteiger charge is 2.26. The molecule has 0 atom stereocenters. The van der Waals surface area contributed by atoms with Crippen LogP contribution in [0.3, 0.4) is 0 Å². The molecule has 21 heavy (non-hydrogen) atoms. The molecule has 0 aliphatic carbocycles. The van der Waals surface area contributed by atoms with Gasteiger partial charge in [-0.15, -0.1) is 0 Å². The number of nitrogen functional groups attached to an aromatic ring is 1. The number of nitrogens with zero attached hydrogens (tertiary/aromatic N) is 3. The highest BCUT2D eigenvalue weighted by atomic mass is 15.3. The Morgan fingerprint density at radius 2 is 2.00 bits per heavy atom. The van der Waals surface area contributed by atoms with Crippen molar-refractivity contribution in [3.63, 3.8) is 0 Å². The van der Waals surface area contributed by atoms with Crippen molar-refractivity contribution in [2.45, 2.75) is 12.6 Å². The maximum absolute atomic E-state index is 5.81. The zero-order valence-electron chi connectivity index (χ0n) is 12.1. The van der Waals surface area contributed by atoms with Crippen LogP contribution < -0.4 is 21.3 Å². The number of nitrogens with two attached hydrogens (primary N) is 1. The van der Waals surface area contributed by atoms with E-state index in [2.05, 4.69) is 37.6 Å². The minimum atomic E-state index is 0.302. The molecule has 1 saturated heterocycles. The molecule has 2 heterocycles. The van der Waals surface area contributed by atoms with Gasteiger partial charge in [0.1, 0.15) is 11.6 Å². The van der Waals surface area contributed by atoms with E-state index in [-0.39, 0.29) is 0 Å².